The minimum Gasteiger partial charge on any atom is -0.466 e. The second-order valence-corrected chi connectivity index (χ2v) is 4.97. The van der Waals surface area contributed by atoms with Crippen molar-refractivity contribution in [3.63, 3.8) is 0 Å². The van der Waals surface area contributed by atoms with E-state index in [9.17, 15) is 9.18 Å². The van der Waals surface area contributed by atoms with Crippen LogP contribution < -0.4 is 10.6 Å². The lowest BCUT2D eigenvalue weighted by molar-refractivity contribution is -0.143. The van der Waals surface area contributed by atoms with E-state index < -0.39 is 0 Å². The number of nitrogens with zero attached hydrogens (tertiary/aromatic N) is 1. The van der Waals surface area contributed by atoms with Gasteiger partial charge in [0.15, 0.2) is 5.96 Å². The van der Waals surface area contributed by atoms with Crippen molar-refractivity contribution in [3.05, 3.63) is 35.6 Å². The smallest absolute Gasteiger partial charge is 0.305 e. The first-order valence-electron chi connectivity index (χ1n) is 8.08. The molecule has 2 N–H and O–H groups in total. The Morgan fingerprint density at radius 3 is 2.61 bits per heavy atom. The number of esters is 1. The minimum absolute atomic E-state index is 0.183. The number of hydrogen-bond donors (Lipinski definition) is 2. The lowest BCUT2D eigenvalue weighted by Gasteiger charge is -2.11. The van der Waals surface area contributed by atoms with Crippen LogP contribution in [0.1, 0.15) is 32.3 Å². The molecule has 0 bridgehead atoms. The van der Waals surface area contributed by atoms with Crippen molar-refractivity contribution in [2.45, 2.75) is 33.1 Å². The molecule has 1 rings (SSSR count). The fraction of sp³-hybridized carbons (Fsp3) is 0.529. The van der Waals surface area contributed by atoms with Gasteiger partial charge in [-0.1, -0.05) is 12.1 Å². The van der Waals surface area contributed by atoms with Gasteiger partial charge in [0.1, 0.15) is 5.82 Å². The van der Waals surface area contributed by atoms with Crippen LogP contribution in [0.5, 0.6) is 0 Å². The molecule has 0 radical (unpaired) electrons. The molecule has 5 nitrogen and oxygen atoms in total. The van der Waals surface area contributed by atoms with E-state index in [2.05, 4.69) is 15.6 Å². The molecular formula is C17H26FN3O2. The summed E-state index contributed by atoms with van der Waals surface area (Å²) >= 11 is 0. The molecule has 0 fully saturated rings. The number of nitrogens with one attached hydrogen (secondary N) is 2. The van der Waals surface area contributed by atoms with Crippen LogP contribution in [0.3, 0.4) is 0 Å². The van der Waals surface area contributed by atoms with Gasteiger partial charge in [0, 0.05) is 26.1 Å². The van der Waals surface area contributed by atoms with E-state index >= 15 is 0 Å². The number of ether oxygens (including phenoxy) is 1. The Kier molecular flexibility index (Phi) is 9.43. The maximum absolute atomic E-state index is 12.8. The average molecular weight is 323 g/mol. The number of carbonyl (C=O) groups excluding carboxylic acids is 1. The molecule has 6 heteroatoms. The van der Waals surface area contributed by atoms with Gasteiger partial charge in [-0.15, -0.1) is 0 Å². The first kappa shape index (κ1) is 18.9. The third kappa shape index (κ3) is 8.80. The van der Waals surface area contributed by atoms with Crippen molar-refractivity contribution < 1.29 is 13.9 Å². The molecule has 0 saturated heterocycles. The summed E-state index contributed by atoms with van der Waals surface area (Å²) in [6.07, 6.45) is 1.83. The molecule has 0 aliphatic heterocycles. The van der Waals surface area contributed by atoms with Crippen molar-refractivity contribution >= 4 is 11.9 Å². The lowest BCUT2D eigenvalue weighted by Crippen LogP contribution is -2.38. The third-order valence-corrected chi connectivity index (χ3v) is 3.08. The van der Waals surface area contributed by atoms with Crippen molar-refractivity contribution in [1.29, 1.82) is 0 Å². The third-order valence-electron chi connectivity index (χ3n) is 3.08. The Morgan fingerprint density at radius 2 is 1.96 bits per heavy atom. The molecule has 0 unspecified atom stereocenters. The van der Waals surface area contributed by atoms with Crippen LogP contribution in [0.15, 0.2) is 29.3 Å². The number of rotatable bonds is 9. The van der Waals surface area contributed by atoms with E-state index in [0.717, 1.165) is 24.5 Å². The van der Waals surface area contributed by atoms with Gasteiger partial charge >= 0.3 is 5.97 Å². The summed E-state index contributed by atoms with van der Waals surface area (Å²) < 4.78 is 17.7. The van der Waals surface area contributed by atoms with Crippen LogP contribution in [0.25, 0.3) is 0 Å². The fourth-order valence-electron chi connectivity index (χ4n) is 1.97. The maximum atomic E-state index is 12.8. The summed E-state index contributed by atoms with van der Waals surface area (Å²) in [4.78, 5) is 15.7. The van der Waals surface area contributed by atoms with Crippen molar-refractivity contribution in [2.24, 2.45) is 4.99 Å². The monoisotopic (exact) mass is 323 g/mol. The molecule has 0 aliphatic rings. The molecule has 128 valence electrons. The average Bonchev–Trinajstić information content (AvgIpc) is 2.53. The van der Waals surface area contributed by atoms with E-state index in [-0.39, 0.29) is 11.8 Å². The molecule has 0 saturated carbocycles. The summed E-state index contributed by atoms with van der Waals surface area (Å²) in [5.41, 5.74) is 1.07. The number of aliphatic imine (C=N–C) groups is 1. The fourth-order valence-corrected chi connectivity index (χ4v) is 1.97. The number of guanidine groups is 1. The summed E-state index contributed by atoms with van der Waals surface area (Å²) in [6, 6.07) is 6.48. The number of halogens is 1. The van der Waals surface area contributed by atoms with Crippen LogP contribution in [-0.4, -0.2) is 38.2 Å². The molecule has 0 aromatic heterocycles. The van der Waals surface area contributed by atoms with E-state index in [1.807, 2.05) is 6.92 Å². The quantitative estimate of drug-likeness (QED) is 0.317. The van der Waals surface area contributed by atoms with Gasteiger partial charge < -0.3 is 15.4 Å². The standard InChI is InChI=1S/C17H26FN3O2/c1-3-19-17(20-12-5-6-16(22)23-4-2)21-13-11-14-7-9-15(18)10-8-14/h7-10H,3-6,11-13H2,1-2H3,(H2,19,20,21). The zero-order valence-corrected chi connectivity index (χ0v) is 13.9. The predicted octanol–water partition coefficient (Wildman–Crippen LogP) is 2.27. The lowest BCUT2D eigenvalue weighted by atomic mass is 10.1. The van der Waals surface area contributed by atoms with Crippen LogP contribution in [-0.2, 0) is 16.0 Å². The molecule has 0 atom stereocenters. The SMILES string of the molecule is CCNC(=NCCCC(=O)OCC)NCCc1ccc(F)cc1. The molecule has 23 heavy (non-hydrogen) atoms. The van der Waals surface area contributed by atoms with Crippen molar-refractivity contribution in [2.75, 3.05) is 26.2 Å². The van der Waals surface area contributed by atoms with Gasteiger partial charge in [0.05, 0.1) is 6.61 Å². The highest BCUT2D eigenvalue weighted by Gasteiger charge is 2.01. The second kappa shape index (κ2) is 11.5. The highest BCUT2D eigenvalue weighted by atomic mass is 19.1. The minimum atomic E-state index is -0.224. The molecule has 1 aromatic carbocycles. The predicted molar refractivity (Wildman–Crippen MR) is 90.0 cm³/mol. The van der Waals surface area contributed by atoms with Crippen molar-refractivity contribution in [3.8, 4) is 0 Å². The molecule has 0 aliphatic carbocycles. The van der Waals surface area contributed by atoms with Gasteiger partial charge in [-0.3, -0.25) is 9.79 Å². The van der Waals surface area contributed by atoms with E-state index in [0.29, 0.717) is 32.5 Å². The highest BCUT2D eigenvalue weighted by molar-refractivity contribution is 5.79. The molecule has 1 aromatic rings. The Morgan fingerprint density at radius 1 is 1.22 bits per heavy atom. The normalized spacial score (nSPS) is 11.2. The molecule has 0 spiro atoms. The second-order valence-electron chi connectivity index (χ2n) is 4.97. The number of carbonyl (C=O) groups is 1. The van der Waals surface area contributed by atoms with Gasteiger partial charge in [-0.2, -0.15) is 0 Å². The Hall–Kier alpha value is -2.11. The maximum Gasteiger partial charge on any atom is 0.305 e. The van der Waals surface area contributed by atoms with Gasteiger partial charge in [0.2, 0.25) is 0 Å². The number of hydrogen-bond acceptors (Lipinski definition) is 3. The van der Waals surface area contributed by atoms with Crippen molar-refractivity contribution in [1.82, 2.24) is 10.6 Å². The summed E-state index contributed by atoms with van der Waals surface area (Å²) in [7, 11) is 0. The Balaban J connectivity index is 2.31. The highest BCUT2D eigenvalue weighted by Crippen LogP contribution is 2.02. The van der Waals surface area contributed by atoms with Crippen LogP contribution in [0.4, 0.5) is 4.39 Å². The van der Waals surface area contributed by atoms with E-state index in [4.69, 9.17) is 4.74 Å². The summed E-state index contributed by atoms with van der Waals surface area (Å²) in [5, 5.41) is 6.38. The Bertz CT molecular complexity index is 489. The topological polar surface area (TPSA) is 62.7 Å². The van der Waals surface area contributed by atoms with Crippen LogP contribution in [0.2, 0.25) is 0 Å². The Labute approximate surface area is 137 Å². The van der Waals surface area contributed by atoms with Crippen LogP contribution in [0, 0.1) is 5.82 Å². The molecule has 0 heterocycles. The largest absolute Gasteiger partial charge is 0.466 e. The first-order chi connectivity index (χ1) is 11.2. The summed E-state index contributed by atoms with van der Waals surface area (Å²) in [6.45, 7) is 6.23. The first-order valence-corrected chi connectivity index (χ1v) is 8.08. The molecule has 0 amide bonds. The van der Waals surface area contributed by atoms with Gasteiger partial charge in [0.25, 0.3) is 0 Å². The zero-order valence-electron chi connectivity index (χ0n) is 13.9. The van der Waals surface area contributed by atoms with Gasteiger partial charge in [-0.25, -0.2) is 4.39 Å². The zero-order chi connectivity index (χ0) is 16.9. The van der Waals surface area contributed by atoms with Gasteiger partial charge in [-0.05, 0) is 44.4 Å². The number of benzene rings is 1. The van der Waals surface area contributed by atoms with Crippen LogP contribution >= 0.6 is 0 Å². The van der Waals surface area contributed by atoms with E-state index in [1.165, 1.54) is 12.1 Å². The summed E-state index contributed by atoms with van der Waals surface area (Å²) in [5.74, 6) is 0.314. The van der Waals surface area contributed by atoms with E-state index in [1.54, 1.807) is 19.1 Å². The molecular weight excluding hydrogens is 297 g/mol.